The van der Waals surface area contributed by atoms with Crippen LogP contribution in [0.15, 0.2) is 4.52 Å². The largest absolute Gasteiger partial charge is 0.361 e. The van der Waals surface area contributed by atoms with Gasteiger partial charge < -0.3 is 9.84 Å². The fourth-order valence-corrected chi connectivity index (χ4v) is 3.17. The highest BCUT2D eigenvalue weighted by atomic mass is 32.2. The molecule has 0 unspecified atom stereocenters. The number of amides is 1. The number of hydrogen-bond donors (Lipinski definition) is 1. The van der Waals surface area contributed by atoms with Crippen molar-refractivity contribution in [1.82, 2.24) is 10.5 Å². The summed E-state index contributed by atoms with van der Waals surface area (Å²) in [4.78, 5) is 12.1. The molecular weight excluding hydrogens is 292 g/mol. The number of nitrogens with zero attached hydrogens (tertiary/aromatic N) is 1. The van der Waals surface area contributed by atoms with E-state index < -0.39 is 26.5 Å². The van der Waals surface area contributed by atoms with Gasteiger partial charge in [-0.2, -0.15) is 0 Å². The SMILES string of the molecule is CCC(C)(C)NC(=O)[C@@H](C)S(=O)(=O)Cc1c(C)noc1C. The van der Waals surface area contributed by atoms with Crippen molar-refractivity contribution in [3.8, 4) is 0 Å². The second kappa shape index (κ2) is 6.17. The Labute approximate surface area is 126 Å². The molecule has 0 radical (unpaired) electrons. The second-order valence-electron chi connectivity index (χ2n) is 5.98. The molecule has 0 fully saturated rings. The van der Waals surface area contributed by atoms with Gasteiger partial charge in [0.1, 0.15) is 11.0 Å². The maximum atomic E-state index is 12.4. The summed E-state index contributed by atoms with van der Waals surface area (Å²) in [5, 5.41) is 5.39. The molecule has 0 aliphatic rings. The van der Waals surface area contributed by atoms with Crippen molar-refractivity contribution in [3.63, 3.8) is 0 Å². The summed E-state index contributed by atoms with van der Waals surface area (Å²) < 4.78 is 29.7. The number of hydrogen-bond acceptors (Lipinski definition) is 5. The smallest absolute Gasteiger partial charge is 0.238 e. The highest BCUT2D eigenvalue weighted by Gasteiger charge is 2.32. The maximum Gasteiger partial charge on any atom is 0.238 e. The second-order valence-corrected chi connectivity index (χ2v) is 8.30. The third-order valence-electron chi connectivity index (χ3n) is 3.78. The molecule has 6 nitrogen and oxygen atoms in total. The van der Waals surface area contributed by atoms with Crippen LogP contribution in [0.4, 0.5) is 0 Å². The number of carbonyl (C=O) groups is 1. The summed E-state index contributed by atoms with van der Waals surface area (Å²) >= 11 is 0. The van der Waals surface area contributed by atoms with Crippen LogP contribution in [0.25, 0.3) is 0 Å². The lowest BCUT2D eigenvalue weighted by atomic mass is 10.0. The minimum absolute atomic E-state index is 0.241. The number of aryl methyl sites for hydroxylation is 2. The Balaban J connectivity index is 2.90. The van der Waals surface area contributed by atoms with Crippen molar-refractivity contribution < 1.29 is 17.7 Å². The van der Waals surface area contributed by atoms with Crippen LogP contribution in [0, 0.1) is 13.8 Å². The average Bonchev–Trinajstić information content (AvgIpc) is 2.68. The summed E-state index contributed by atoms with van der Waals surface area (Å²) in [5.74, 6) is -0.249. The lowest BCUT2D eigenvalue weighted by Crippen LogP contribution is -2.48. The molecule has 1 rings (SSSR count). The molecule has 1 aromatic heterocycles. The molecule has 1 amide bonds. The first-order valence-corrected chi connectivity index (χ1v) is 8.67. The molecule has 7 heteroatoms. The van der Waals surface area contributed by atoms with E-state index in [0.29, 0.717) is 17.0 Å². The number of rotatable bonds is 6. The van der Waals surface area contributed by atoms with Crippen LogP contribution in [0.2, 0.25) is 0 Å². The Kier molecular flexibility index (Phi) is 5.20. The van der Waals surface area contributed by atoms with Crippen LogP contribution in [0.1, 0.15) is 51.1 Å². The molecule has 1 aromatic rings. The zero-order valence-corrected chi connectivity index (χ0v) is 14.3. The molecule has 1 N–H and O–H groups in total. The predicted octanol–water partition coefficient (Wildman–Crippen LogP) is 1.90. The van der Waals surface area contributed by atoms with E-state index in [2.05, 4.69) is 10.5 Å². The molecule has 21 heavy (non-hydrogen) atoms. The first-order chi connectivity index (χ1) is 9.50. The zero-order chi connectivity index (χ0) is 16.4. The number of nitrogens with one attached hydrogen (secondary N) is 1. The topological polar surface area (TPSA) is 89.3 Å². The van der Waals surface area contributed by atoms with Crippen LogP contribution in [-0.4, -0.2) is 30.3 Å². The predicted molar refractivity (Wildman–Crippen MR) is 80.6 cm³/mol. The molecule has 120 valence electrons. The minimum atomic E-state index is -3.62. The number of sulfone groups is 1. The summed E-state index contributed by atoms with van der Waals surface area (Å²) in [5.41, 5.74) is 0.645. The van der Waals surface area contributed by atoms with E-state index in [0.717, 1.165) is 6.42 Å². The van der Waals surface area contributed by atoms with E-state index in [4.69, 9.17) is 4.52 Å². The molecule has 0 saturated heterocycles. The van der Waals surface area contributed by atoms with Crippen molar-refractivity contribution in [2.45, 2.75) is 64.5 Å². The highest BCUT2D eigenvalue weighted by molar-refractivity contribution is 7.92. The fourth-order valence-electron chi connectivity index (χ4n) is 1.72. The van der Waals surface area contributed by atoms with Gasteiger partial charge in [0.15, 0.2) is 9.84 Å². The lowest BCUT2D eigenvalue weighted by Gasteiger charge is -2.26. The van der Waals surface area contributed by atoms with E-state index in [-0.39, 0.29) is 5.75 Å². The Morgan fingerprint density at radius 2 is 1.95 bits per heavy atom. The quantitative estimate of drug-likeness (QED) is 0.865. The third-order valence-corrected chi connectivity index (χ3v) is 5.76. The average molecular weight is 316 g/mol. The summed E-state index contributed by atoms with van der Waals surface area (Å²) in [7, 11) is -3.62. The molecule has 0 bridgehead atoms. The van der Waals surface area contributed by atoms with Gasteiger partial charge in [0, 0.05) is 11.1 Å². The molecule has 0 aliphatic heterocycles. The highest BCUT2D eigenvalue weighted by Crippen LogP contribution is 2.19. The molecule has 1 atom stereocenters. The van der Waals surface area contributed by atoms with E-state index in [1.54, 1.807) is 13.8 Å². The lowest BCUT2D eigenvalue weighted by molar-refractivity contribution is -0.122. The molecule has 1 heterocycles. The monoisotopic (exact) mass is 316 g/mol. The van der Waals surface area contributed by atoms with Crippen LogP contribution >= 0.6 is 0 Å². The Bertz CT molecular complexity index is 597. The van der Waals surface area contributed by atoms with Crippen molar-refractivity contribution in [3.05, 3.63) is 17.0 Å². The van der Waals surface area contributed by atoms with Gasteiger partial charge in [0.25, 0.3) is 0 Å². The number of aromatic nitrogens is 1. The first kappa shape index (κ1) is 17.7. The fraction of sp³-hybridized carbons (Fsp3) is 0.714. The molecule has 0 aromatic carbocycles. The summed E-state index contributed by atoms with van der Waals surface area (Å²) in [6.07, 6.45) is 0.718. The van der Waals surface area contributed by atoms with Crippen LogP contribution in [0.3, 0.4) is 0 Å². The van der Waals surface area contributed by atoms with Gasteiger partial charge in [0.05, 0.1) is 11.4 Å². The third kappa shape index (κ3) is 4.30. The van der Waals surface area contributed by atoms with E-state index in [1.165, 1.54) is 6.92 Å². The van der Waals surface area contributed by atoms with Gasteiger partial charge in [0.2, 0.25) is 5.91 Å². The van der Waals surface area contributed by atoms with Gasteiger partial charge in [-0.25, -0.2) is 8.42 Å². The van der Waals surface area contributed by atoms with Crippen LogP contribution in [-0.2, 0) is 20.4 Å². The Morgan fingerprint density at radius 1 is 1.38 bits per heavy atom. The first-order valence-electron chi connectivity index (χ1n) is 6.95. The van der Waals surface area contributed by atoms with Gasteiger partial charge in [-0.1, -0.05) is 12.1 Å². The van der Waals surface area contributed by atoms with E-state index >= 15 is 0 Å². The minimum Gasteiger partial charge on any atom is -0.361 e. The van der Waals surface area contributed by atoms with Crippen molar-refractivity contribution in [1.29, 1.82) is 0 Å². The molecule has 0 spiro atoms. The van der Waals surface area contributed by atoms with Crippen molar-refractivity contribution in [2.75, 3.05) is 0 Å². The Hall–Kier alpha value is -1.37. The van der Waals surface area contributed by atoms with Gasteiger partial charge >= 0.3 is 0 Å². The molecular formula is C14H24N2O4S. The summed E-state index contributed by atoms with van der Waals surface area (Å²) in [6, 6.07) is 0. The maximum absolute atomic E-state index is 12.4. The standard InChI is InChI=1S/C14H24N2O4S/c1-7-14(5,6)15-13(17)11(4)21(18,19)8-12-9(2)16-20-10(12)3/h11H,7-8H2,1-6H3,(H,15,17)/t11-/m1/s1. The molecule has 0 saturated carbocycles. The Morgan fingerprint density at radius 3 is 2.38 bits per heavy atom. The van der Waals surface area contributed by atoms with Crippen LogP contribution in [0.5, 0.6) is 0 Å². The van der Waals surface area contributed by atoms with Crippen molar-refractivity contribution in [2.24, 2.45) is 0 Å². The van der Waals surface area contributed by atoms with Crippen molar-refractivity contribution >= 4 is 15.7 Å². The van der Waals surface area contributed by atoms with E-state index in [1.807, 2.05) is 20.8 Å². The summed E-state index contributed by atoms with van der Waals surface area (Å²) in [6.45, 7) is 10.4. The zero-order valence-electron chi connectivity index (χ0n) is 13.5. The van der Waals surface area contributed by atoms with Gasteiger partial charge in [-0.3, -0.25) is 4.79 Å². The van der Waals surface area contributed by atoms with Crippen LogP contribution < -0.4 is 5.32 Å². The van der Waals surface area contributed by atoms with Gasteiger partial charge in [-0.05, 0) is 41.0 Å². The number of carbonyl (C=O) groups excluding carboxylic acids is 1. The normalized spacial score (nSPS) is 14.0. The van der Waals surface area contributed by atoms with E-state index in [9.17, 15) is 13.2 Å². The molecule has 0 aliphatic carbocycles. The van der Waals surface area contributed by atoms with Gasteiger partial charge in [-0.15, -0.1) is 0 Å².